The fraction of sp³-hybridized carbons (Fsp3) is 0.389. The van der Waals surface area contributed by atoms with Gasteiger partial charge in [0.25, 0.3) is 0 Å². The standard InChI is InChI=1S/C18H23IO4/c1-13(10-19)9-18(20)23-11-14(2)15(3)22-12-16-5-7-17(21-4)8-6-16/h5-8,10,15H,2,9,11-12H2,1,3-4H3/b13-10+. The zero-order chi connectivity index (χ0) is 17.2. The summed E-state index contributed by atoms with van der Waals surface area (Å²) < 4.78 is 17.9. The van der Waals surface area contributed by atoms with Crippen LogP contribution in [-0.2, 0) is 20.9 Å². The minimum atomic E-state index is -0.251. The number of carbonyl (C=O) groups excluding carboxylic acids is 1. The quantitative estimate of drug-likeness (QED) is 0.331. The number of carbonyl (C=O) groups is 1. The third-order valence-electron chi connectivity index (χ3n) is 3.26. The van der Waals surface area contributed by atoms with E-state index >= 15 is 0 Å². The molecule has 23 heavy (non-hydrogen) atoms. The van der Waals surface area contributed by atoms with Crippen LogP contribution in [0.3, 0.4) is 0 Å². The van der Waals surface area contributed by atoms with Crippen LogP contribution in [0, 0.1) is 0 Å². The Morgan fingerprint density at radius 3 is 2.57 bits per heavy atom. The molecule has 1 atom stereocenters. The van der Waals surface area contributed by atoms with E-state index in [1.165, 1.54) is 0 Å². The summed E-state index contributed by atoms with van der Waals surface area (Å²) in [4.78, 5) is 11.6. The van der Waals surface area contributed by atoms with Gasteiger partial charge in [0.1, 0.15) is 12.4 Å². The van der Waals surface area contributed by atoms with Crippen molar-refractivity contribution < 1.29 is 19.0 Å². The van der Waals surface area contributed by atoms with Crippen LogP contribution in [0.25, 0.3) is 0 Å². The van der Waals surface area contributed by atoms with Gasteiger partial charge in [-0.1, -0.05) is 46.9 Å². The zero-order valence-corrected chi connectivity index (χ0v) is 16.0. The van der Waals surface area contributed by atoms with Crippen molar-refractivity contribution in [2.45, 2.75) is 33.0 Å². The predicted octanol–water partition coefficient (Wildman–Crippen LogP) is 4.43. The topological polar surface area (TPSA) is 44.8 Å². The predicted molar refractivity (Wildman–Crippen MR) is 99.7 cm³/mol. The summed E-state index contributed by atoms with van der Waals surface area (Å²) in [6, 6.07) is 7.69. The average Bonchev–Trinajstić information content (AvgIpc) is 2.57. The SMILES string of the molecule is C=C(COC(=O)C/C(C)=C/I)C(C)OCc1ccc(OC)cc1. The largest absolute Gasteiger partial charge is 0.497 e. The first-order valence-corrected chi connectivity index (χ1v) is 8.54. The molecule has 0 bridgehead atoms. The van der Waals surface area contributed by atoms with Gasteiger partial charge in [-0.05, 0) is 41.2 Å². The van der Waals surface area contributed by atoms with Gasteiger partial charge in [0, 0.05) is 0 Å². The molecule has 0 amide bonds. The molecular formula is C18H23IO4. The lowest BCUT2D eigenvalue weighted by Crippen LogP contribution is -2.17. The van der Waals surface area contributed by atoms with Gasteiger partial charge in [-0.25, -0.2) is 0 Å². The number of halogens is 1. The number of ether oxygens (including phenoxy) is 3. The molecule has 1 aromatic carbocycles. The molecule has 0 aliphatic rings. The number of hydrogen-bond acceptors (Lipinski definition) is 4. The van der Waals surface area contributed by atoms with Crippen LogP contribution < -0.4 is 4.74 Å². The Balaban J connectivity index is 2.34. The fourth-order valence-electron chi connectivity index (χ4n) is 1.67. The second-order valence-corrected chi connectivity index (χ2v) is 5.88. The molecule has 126 valence electrons. The summed E-state index contributed by atoms with van der Waals surface area (Å²) in [6.45, 7) is 8.36. The highest BCUT2D eigenvalue weighted by molar-refractivity contribution is 14.1. The normalized spacial score (nSPS) is 12.6. The average molecular weight is 430 g/mol. The van der Waals surface area contributed by atoms with E-state index in [4.69, 9.17) is 14.2 Å². The molecule has 4 nitrogen and oxygen atoms in total. The van der Waals surface area contributed by atoms with Crippen LogP contribution in [0.2, 0.25) is 0 Å². The van der Waals surface area contributed by atoms with Crippen LogP contribution in [0.1, 0.15) is 25.8 Å². The van der Waals surface area contributed by atoms with Gasteiger partial charge < -0.3 is 14.2 Å². The molecule has 0 radical (unpaired) electrons. The lowest BCUT2D eigenvalue weighted by atomic mass is 10.2. The third-order valence-corrected chi connectivity index (χ3v) is 4.33. The Morgan fingerprint density at radius 1 is 1.35 bits per heavy atom. The first-order chi connectivity index (χ1) is 11.0. The lowest BCUT2D eigenvalue weighted by Gasteiger charge is -2.16. The van der Waals surface area contributed by atoms with Crippen molar-refractivity contribution in [2.24, 2.45) is 0 Å². The molecule has 0 aromatic heterocycles. The monoisotopic (exact) mass is 430 g/mol. The molecule has 0 spiro atoms. The van der Waals surface area contributed by atoms with Gasteiger partial charge in [-0.3, -0.25) is 4.79 Å². The number of methoxy groups -OCH3 is 1. The molecule has 0 fully saturated rings. The van der Waals surface area contributed by atoms with E-state index in [9.17, 15) is 4.79 Å². The highest BCUT2D eigenvalue weighted by Gasteiger charge is 2.11. The molecular weight excluding hydrogens is 407 g/mol. The summed E-state index contributed by atoms with van der Waals surface area (Å²) in [7, 11) is 1.64. The number of benzene rings is 1. The molecule has 0 N–H and O–H groups in total. The Morgan fingerprint density at radius 2 is 2.00 bits per heavy atom. The molecule has 1 unspecified atom stereocenters. The number of esters is 1. The maximum atomic E-state index is 11.6. The molecule has 0 aliphatic heterocycles. The zero-order valence-electron chi connectivity index (χ0n) is 13.8. The third kappa shape index (κ3) is 7.65. The van der Waals surface area contributed by atoms with Crippen molar-refractivity contribution in [3.05, 3.63) is 51.6 Å². The first kappa shape index (κ1) is 19.7. The van der Waals surface area contributed by atoms with Crippen molar-refractivity contribution in [1.82, 2.24) is 0 Å². The summed E-state index contributed by atoms with van der Waals surface area (Å²) in [5.41, 5.74) is 2.76. The Labute approximate surface area is 151 Å². The molecule has 5 heteroatoms. The smallest absolute Gasteiger partial charge is 0.310 e. The minimum Gasteiger partial charge on any atom is -0.497 e. The molecule has 0 saturated carbocycles. The molecule has 1 aromatic rings. The second-order valence-electron chi connectivity index (χ2n) is 5.25. The van der Waals surface area contributed by atoms with Crippen molar-refractivity contribution in [1.29, 1.82) is 0 Å². The molecule has 0 aliphatic carbocycles. The van der Waals surface area contributed by atoms with Gasteiger partial charge in [0.05, 0.1) is 26.2 Å². The summed E-state index contributed by atoms with van der Waals surface area (Å²) >= 11 is 2.10. The highest BCUT2D eigenvalue weighted by Crippen LogP contribution is 2.14. The van der Waals surface area contributed by atoms with Gasteiger partial charge >= 0.3 is 5.97 Å². The Hall–Kier alpha value is -1.34. The highest BCUT2D eigenvalue weighted by atomic mass is 127. The van der Waals surface area contributed by atoms with Crippen LogP contribution >= 0.6 is 22.6 Å². The van der Waals surface area contributed by atoms with Crippen molar-refractivity contribution in [3.63, 3.8) is 0 Å². The van der Waals surface area contributed by atoms with Crippen LogP contribution in [0.5, 0.6) is 5.75 Å². The summed E-state index contributed by atoms with van der Waals surface area (Å²) in [5.74, 6) is 0.563. The van der Waals surface area contributed by atoms with Crippen molar-refractivity contribution in [2.75, 3.05) is 13.7 Å². The number of hydrogen-bond donors (Lipinski definition) is 0. The summed E-state index contributed by atoms with van der Waals surface area (Å²) in [6.07, 6.45) is 0.114. The number of rotatable bonds is 9. The van der Waals surface area contributed by atoms with E-state index in [0.29, 0.717) is 13.0 Å². The van der Waals surface area contributed by atoms with E-state index in [1.807, 2.05) is 42.2 Å². The van der Waals surface area contributed by atoms with Gasteiger partial charge in [-0.2, -0.15) is 0 Å². The minimum absolute atomic E-state index is 0.178. The van der Waals surface area contributed by atoms with Gasteiger partial charge in [0.2, 0.25) is 0 Å². The molecule has 1 rings (SSSR count). The molecule has 0 heterocycles. The van der Waals surface area contributed by atoms with Crippen molar-refractivity contribution in [3.8, 4) is 5.75 Å². The van der Waals surface area contributed by atoms with E-state index < -0.39 is 0 Å². The van der Waals surface area contributed by atoms with Gasteiger partial charge in [0.15, 0.2) is 0 Å². The van der Waals surface area contributed by atoms with E-state index in [0.717, 1.165) is 22.5 Å². The second kappa shape index (κ2) is 10.4. The van der Waals surface area contributed by atoms with Crippen LogP contribution in [-0.4, -0.2) is 25.8 Å². The van der Waals surface area contributed by atoms with Gasteiger partial charge in [-0.15, -0.1) is 0 Å². The fourth-order valence-corrected chi connectivity index (χ4v) is 1.89. The van der Waals surface area contributed by atoms with Crippen molar-refractivity contribution >= 4 is 28.6 Å². The maximum absolute atomic E-state index is 11.6. The molecule has 0 saturated heterocycles. The van der Waals surface area contributed by atoms with Crippen LogP contribution in [0.4, 0.5) is 0 Å². The Kier molecular flexibility index (Phi) is 8.94. The van der Waals surface area contributed by atoms with E-state index in [-0.39, 0.29) is 18.7 Å². The maximum Gasteiger partial charge on any atom is 0.310 e. The summed E-state index contributed by atoms with van der Waals surface area (Å²) in [5, 5.41) is 0. The Bertz CT molecular complexity index is 549. The first-order valence-electron chi connectivity index (χ1n) is 7.30. The van der Waals surface area contributed by atoms with E-state index in [2.05, 4.69) is 29.2 Å². The van der Waals surface area contributed by atoms with E-state index in [1.54, 1.807) is 7.11 Å². The van der Waals surface area contributed by atoms with Crippen LogP contribution in [0.15, 0.2) is 46.1 Å². The lowest BCUT2D eigenvalue weighted by molar-refractivity contribution is -0.142.